The van der Waals surface area contributed by atoms with Gasteiger partial charge in [-0.25, -0.2) is 0 Å². The van der Waals surface area contributed by atoms with Crippen LogP contribution >= 0.6 is 0 Å². The summed E-state index contributed by atoms with van der Waals surface area (Å²) >= 11 is 0. The van der Waals surface area contributed by atoms with Crippen molar-refractivity contribution >= 4 is 5.97 Å². The molecule has 1 aliphatic heterocycles. The lowest BCUT2D eigenvalue weighted by molar-refractivity contribution is -0.138. The third-order valence-corrected chi connectivity index (χ3v) is 4.29. The molecule has 0 aromatic carbocycles. The maximum Gasteiger partial charge on any atom is 0.317 e. The molecule has 0 spiro atoms. The van der Waals surface area contributed by atoms with Crippen LogP contribution in [-0.4, -0.2) is 73.2 Å². The number of hydrogen-bond acceptors (Lipinski definition) is 4. The van der Waals surface area contributed by atoms with Crippen molar-refractivity contribution in [2.75, 3.05) is 46.3 Å². The molecule has 0 aromatic rings. The molecule has 5 heteroatoms. The fourth-order valence-electron chi connectivity index (χ4n) is 3.19. The van der Waals surface area contributed by atoms with Gasteiger partial charge in [0, 0.05) is 38.8 Å². The van der Waals surface area contributed by atoms with E-state index < -0.39 is 5.97 Å². The number of carboxylic acids is 1. The second kappa shape index (κ2) is 6.50. The lowest BCUT2D eigenvalue weighted by Gasteiger charge is -2.35. The Hall–Kier alpha value is -0.650. The third-order valence-electron chi connectivity index (χ3n) is 4.29. The highest BCUT2D eigenvalue weighted by Crippen LogP contribution is 2.26. The van der Waals surface area contributed by atoms with E-state index in [-0.39, 0.29) is 6.54 Å². The maximum atomic E-state index is 10.6. The molecular formula is C13H25N3O2. The molecule has 1 heterocycles. The van der Waals surface area contributed by atoms with Gasteiger partial charge < -0.3 is 15.3 Å². The number of nitrogens with zero attached hydrogens (tertiary/aromatic N) is 2. The molecule has 0 radical (unpaired) electrons. The summed E-state index contributed by atoms with van der Waals surface area (Å²) in [5, 5.41) is 12.1. The second-order valence-electron chi connectivity index (χ2n) is 5.64. The number of hydrogen-bond donors (Lipinski definition) is 2. The van der Waals surface area contributed by atoms with E-state index in [2.05, 4.69) is 17.3 Å². The van der Waals surface area contributed by atoms with Gasteiger partial charge in [-0.3, -0.25) is 9.69 Å². The highest BCUT2D eigenvalue weighted by molar-refractivity contribution is 5.69. The highest BCUT2D eigenvalue weighted by atomic mass is 16.4. The normalized spacial score (nSPS) is 30.7. The van der Waals surface area contributed by atoms with Gasteiger partial charge in [0.25, 0.3) is 0 Å². The van der Waals surface area contributed by atoms with Crippen LogP contribution in [0, 0.1) is 5.92 Å². The van der Waals surface area contributed by atoms with Crippen LogP contribution in [-0.2, 0) is 4.79 Å². The Balaban J connectivity index is 1.66. The minimum Gasteiger partial charge on any atom is -0.480 e. The highest BCUT2D eigenvalue weighted by Gasteiger charge is 2.26. The summed E-state index contributed by atoms with van der Waals surface area (Å²) in [6.07, 6.45) is 3.94. The van der Waals surface area contributed by atoms with Crippen molar-refractivity contribution in [2.45, 2.75) is 25.3 Å². The van der Waals surface area contributed by atoms with Gasteiger partial charge in [-0.2, -0.15) is 0 Å². The molecule has 5 nitrogen and oxygen atoms in total. The first-order valence-corrected chi connectivity index (χ1v) is 7.01. The number of carbonyl (C=O) groups is 1. The Morgan fingerprint density at radius 2 is 1.89 bits per heavy atom. The average Bonchev–Trinajstić information content (AvgIpc) is 2.79. The van der Waals surface area contributed by atoms with E-state index >= 15 is 0 Å². The van der Waals surface area contributed by atoms with Crippen molar-refractivity contribution in [3.63, 3.8) is 0 Å². The van der Waals surface area contributed by atoms with Gasteiger partial charge in [0.15, 0.2) is 0 Å². The summed E-state index contributed by atoms with van der Waals surface area (Å²) < 4.78 is 0. The molecular weight excluding hydrogens is 230 g/mol. The van der Waals surface area contributed by atoms with E-state index in [9.17, 15) is 4.79 Å². The van der Waals surface area contributed by atoms with Crippen molar-refractivity contribution in [1.82, 2.24) is 15.1 Å². The molecule has 1 saturated heterocycles. The van der Waals surface area contributed by atoms with Gasteiger partial charge in [0.1, 0.15) is 0 Å². The lowest BCUT2D eigenvalue weighted by Crippen LogP contribution is -2.48. The summed E-state index contributed by atoms with van der Waals surface area (Å²) in [5.74, 6) is 0.115. The van der Waals surface area contributed by atoms with E-state index in [1.54, 1.807) is 0 Å². The minimum absolute atomic E-state index is 0.194. The van der Waals surface area contributed by atoms with Crippen LogP contribution in [0.3, 0.4) is 0 Å². The standard InChI is InChI=1S/C13H25N3O2/c1-14-12-3-2-11(8-12)9-15-4-6-16(7-5-15)10-13(17)18/h11-12,14H,2-10H2,1H3,(H,17,18). The van der Waals surface area contributed by atoms with Crippen LogP contribution in [0.2, 0.25) is 0 Å². The summed E-state index contributed by atoms with van der Waals surface area (Å²) in [6, 6.07) is 0.711. The first kappa shape index (κ1) is 13.8. The van der Waals surface area contributed by atoms with Gasteiger partial charge in [-0.15, -0.1) is 0 Å². The molecule has 104 valence electrons. The van der Waals surface area contributed by atoms with Crippen molar-refractivity contribution in [2.24, 2.45) is 5.92 Å². The smallest absolute Gasteiger partial charge is 0.317 e. The van der Waals surface area contributed by atoms with Crippen LogP contribution in [0.4, 0.5) is 0 Å². The number of piperazine rings is 1. The molecule has 1 aliphatic carbocycles. The fraction of sp³-hybridized carbons (Fsp3) is 0.923. The first-order valence-electron chi connectivity index (χ1n) is 7.01. The van der Waals surface area contributed by atoms with Gasteiger partial charge >= 0.3 is 5.97 Å². The monoisotopic (exact) mass is 255 g/mol. The zero-order valence-electron chi connectivity index (χ0n) is 11.3. The number of aliphatic carboxylic acids is 1. The Bertz CT molecular complexity index is 277. The summed E-state index contributed by atoms with van der Waals surface area (Å²) in [5.41, 5.74) is 0. The molecule has 2 unspecified atom stereocenters. The first-order chi connectivity index (χ1) is 8.67. The van der Waals surface area contributed by atoms with E-state index in [1.807, 2.05) is 4.90 Å². The molecule has 2 rings (SSSR count). The Kier molecular flexibility index (Phi) is 4.97. The van der Waals surface area contributed by atoms with Gasteiger partial charge in [0.05, 0.1) is 6.54 Å². The molecule has 0 bridgehead atoms. The quantitative estimate of drug-likeness (QED) is 0.728. The van der Waals surface area contributed by atoms with Crippen LogP contribution in [0.25, 0.3) is 0 Å². The topological polar surface area (TPSA) is 55.8 Å². The van der Waals surface area contributed by atoms with Crippen molar-refractivity contribution in [3.05, 3.63) is 0 Å². The molecule has 0 aromatic heterocycles. The van der Waals surface area contributed by atoms with Crippen LogP contribution in [0.1, 0.15) is 19.3 Å². The number of nitrogens with one attached hydrogen (secondary N) is 1. The van der Waals surface area contributed by atoms with E-state index in [1.165, 1.54) is 25.8 Å². The molecule has 2 N–H and O–H groups in total. The van der Waals surface area contributed by atoms with E-state index in [0.717, 1.165) is 32.1 Å². The molecule has 2 fully saturated rings. The van der Waals surface area contributed by atoms with Crippen molar-refractivity contribution in [3.8, 4) is 0 Å². The molecule has 0 amide bonds. The number of rotatable bonds is 5. The van der Waals surface area contributed by atoms with E-state index in [0.29, 0.717) is 6.04 Å². The number of carboxylic acid groups (broad SMARTS) is 1. The average molecular weight is 255 g/mol. The van der Waals surface area contributed by atoms with Crippen LogP contribution in [0.5, 0.6) is 0 Å². The van der Waals surface area contributed by atoms with Gasteiger partial charge in [0.2, 0.25) is 0 Å². The lowest BCUT2D eigenvalue weighted by atomic mass is 10.1. The largest absolute Gasteiger partial charge is 0.480 e. The summed E-state index contributed by atoms with van der Waals surface area (Å²) in [4.78, 5) is 15.2. The molecule has 2 atom stereocenters. The SMILES string of the molecule is CNC1CCC(CN2CCN(CC(=O)O)CC2)C1. The van der Waals surface area contributed by atoms with Crippen molar-refractivity contribution in [1.29, 1.82) is 0 Å². The Labute approximate surface area is 109 Å². The fourth-order valence-corrected chi connectivity index (χ4v) is 3.19. The minimum atomic E-state index is -0.712. The third kappa shape index (κ3) is 3.93. The van der Waals surface area contributed by atoms with Gasteiger partial charge in [-0.05, 0) is 32.2 Å². The zero-order chi connectivity index (χ0) is 13.0. The van der Waals surface area contributed by atoms with E-state index in [4.69, 9.17) is 5.11 Å². The Morgan fingerprint density at radius 3 is 2.44 bits per heavy atom. The zero-order valence-corrected chi connectivity index (χ0v) is 11.3. The molecule has 1 saturated carbocycles. The second-order valence-corrected chi connectivity index (χ2v) is 5.64. The Morgan fingerprint density at radius 1 is 1.22 bits per heavy atom. The molecule has 2 aliphatic rings. The summed E-state index contributed by atoms with van der Waals surface area (Å²) in [7, 11) is 2.05. The predicted molar refractivity (Wildman–Crippen MR) is 70.7 cm³/mol. The van der Waals surface area contributed by atoms with Gasteiger partial charge in [-0.1, -0.05) is 0 Å². The maximum absolute atomic E-state index is 10.6. The predicted octanol–water partition coefficient (Wildman–Crippen LogP) is 0.0767. The van der Waals surface area contributed by atoms with Crippen LogP contribution in [0.15, 0.2) is 0 Å². The van der Waals surface area contributed by atoms with Crippen molar-refractivity contribution < 1.29 is 9.90 Å². The van der Waals surface area contributed by atoms with Crippen LogP contribution < -0.4 is 5.32 Å². The summed E-state index contributed by atoms with van der Waals surface area (Å²) in [6.45, 7) is 5.23. The molecule has 18 heavy (non-hydrogen) atoms.